The number of halogens is 1. The number of nitrogens with one attached hydrogen (secondary N) is 1. The van der Waals surface area contributed by atoms with Gasteiger partial charge in [0.05, 0.1) is 11.1 Å². The fraction of sp³-hybridized carbons (Fsp3) is 0.385. The van der Waals surface area contributed by atoms with Gasteiger partial charge in [-0.1, -0.05) is 11.6 Å². The van der Waals surface area contributed by atoms with Crippen LogP contribution in [0.5, 0.6) is 0 Å². The molecule has 2 heterocycles. The van der Waals surface area contributed by atoms with Gasteiger partial charge in [0, 0.05) is 25.6 Å². The number of sulfonamides is 1. The predicted octanol–water partition coefficient (Wildman–Crippen LogP) is 1.48. The van der Waals surface area contributed by atoms with Crippen LogP contribution in [0.15, 0.2) is 29.6 Å². The highest BCUT2D eigenvalue weighted by atomic mass is 35.5. The highest BCUT2D eigenvalue weighted by Gasteiger charge is 2.38. The molecule has 3 rings (SSSR count). The van der Waals surface area contributed by atoms with Crippen LogP contribution < -0.4 is 10.5 Å². The van der Waals surface area contributed by atoms with Crippen molar-refractivity contribution in [1.29, 1.82) is 0 Å². The molecule has 1 unspecified atom stereocenters. The Morgan fingerprint density at radius 3 is 2.77 bits per heavy atom. The largest absolute Gasteiger partial charge is 0.383 e. The molecule has 0 spiro atoms. The smallest absolute Gasteiger partial charge is 0.244 e. The summed E-state index contributed by atoms with van der Waals surface area (Å²) in [6.45, 7) is 0. The molecule has 1 atom stereocenters. The molecule has 1 aliphatic carbocycles. The van der Waals surface area contributed by atoms with Crippen LogP contribution in [0.1, 0.15) is 24.7 Å². The Balaban J connectivity index is 1.95. The number of aryl methyl sites for hydroxylation is 1. The summed E-state index contributed by atoms with van der Waals surface area (Å²) >= 11 is 5.83. The molecule has 1 saturated carbocycles. The van der Waals surface area contributed by atoms with E-state index in [-0.39, 0.29) is 27.7 Å². The molecule has 0 radical (unpaired) electrons. The maximum atomic E-state index is 12.6. The van der Waals surface area contributed by atoms with E-state index in [9.17, 15) is 8.42 Å². The lowest BCUT2D eigenvalue weighted by atomic mass is 10.2. The third kappa shape index (κ3) is 2.94. The summed E-state index contributed by atoms with van der Waals surface area (Å²) in [5.74, 6) is 0.843. The third-order valence-corrected chi connectivity index (χ3v) is 5.33. The Morgan fingerprint density at radius 1 is 1.45 bits per heavy atom. The van der Waals surface area contributed by atoms with Crippen molar-refractivity contribution in [3.05, 3.63) is 35.5 Å². The Hall–Kier alpha value is -1.64. The van der Waals surface area contributed by atoms with Gasteiger partial charge >= 0.3 is 0 Å². The van der Waals surface area contributed by atoms with E-state index in [2.05, 4.69) is 14.7 Å². The maximum Gasteiger partial charge on any atom is 0.244 e. The van der Waals surface area contributed by atoms with Crippen LogP contribution >= 0.6 is 11.6 Å². The number of aromatic nitrogens is 3. The Labute approximate surface area is 133 Å². The van der Waals surface area contributed by atoms with Gasteiger partial charge in [-0.3, -0.25) is 0 Å². The summed E-state index contributed by atoms with van der Waals surface area (Å²) < 4.78 is 29.8. The van der Waals surface area contributed by atoms with Crippen molar-refractivity contribution in [3.8, 4) is 0 Å². The van der Waals surface area contributed by atoms with Gasteiger partial charge in [0.25, 0.3) is 0 Å². The molecule has 22 heavy (non-hydrogen) atoms. The summed E-state index contributed by atoms with van der Waals surface area (Å²) in [6.07, 6.45) is 6.67. The second-order valence-corrected chi connectivity index (χ2v) is 7.49. The molecule has 0 saturated heterocycles. The number of hydrogen-bond acceptors (Lipinski definition) is 5. The van der Waals surface area contributed by atoms with Gasteiger partial charge in [-0.15, -0.1) is 0 Å². The van der Waals surface area contributed by atoms with Crippen molar-refractivity contribution >= 4 is 27.4 Å². The number of anilines is 1. The normalized spacial score (nSPS) is 16.6. The lowest BCUT2D eigenvalue weighted by molar-refractivity contribution is 0.500. The van der Waals surface area contributed by atoms with Crippen molar-refractivity contribution in [2.45, 2.75) is 23.8 Å². The summed E-state index contributed by atoms with van der Waals surface area (Å²) in [6, 6.07) is 0.914. The molecule has 2 aromatic rings. The number of nitrogens with zero attached hydrogens (tertiary/aromatic N) is 3. The second-order valence-electron chi connectivity index (χ2n) is 5.37. The van der Waals surface area contributed by atoms with Crippen LogP contribution in [0, 0.1) is 5.92 Å². The average molecular weight is 342 g/mol. The maximum absolute atomic E-state index is 12.6. The molecule has 0 amide bonds. The van der Waals surface area contributed by atoms with Gasteiger partial charge in [-0.05, 0) is 24.8 Å². The monoisotopic (exact) mass is 341 g/mol. The molecule has 3 N–H and O–H groups in total. The summed E-state index contributed by atoms with van der Waals surface area (Å²) in [7, 11) is -2.00. The third-order valence-electron chi connectivity index (χ3n) is 3.65. The van der Waals surface area contributed by atoms with Crippen LogP contribution in [-0.4, -0.2) is 23.0 Å². The quantitative estimate of drug-likeness (QED) is 0.857. The van der Waals surface area contributed by atoms with Crippen molar-refractivity contribution in [2.75, 3.05) is 5.73 Å². The number of hydrogen-bond donors (Lipinski definition) is 2. The van der Waals surface area contributed by atoms with Gasteiger partial charge in [-0.25, -0.2) is 23.1 Å². The minimum Gasteiger partial charge on any atom is -0.383 e. The molecule has 9 heteroatoms. The molecule has 7 nitrogen and oxygen atoms in total. The van der Waals surface area contributed by atoms with Crippen LogP contribution in [0.3, 0.4) is 0 Å². The summed E-state index contributed by atoms with van der Waals surface area (Å²) in [5.41, 5.74) is 5.68. The molecule has 118 valence electrons. The Bertz CT molecular complexity index is 801. The SMILES string of the molecule is Cn1ccnc1C(NS(=O)(=O)c1cc(Cl)cnc1N)C1CC1. The molecule has 2 aromatic heterocycles. The predicted molar refractivity (Wildman–Crippen MR) is 82.7 cm³/mol. The molecular formula is C13H16ClN5O2S. The number of rotatable bonds is 5. The van der Waals surface area contributed by atoms with Gasteiger partial charge in [0.15, 0.2) is 0 Å². The zero-order valence-corrected chi connectivity index (χ0v) is 13.5. The van der Waals surface area contributed by atoms with Gasteiger partial charge in [0.1, 0.15) is 16.5 Å². The first-order valence-corrected chi connectivity index (χ1v) is 8.65. The van der Waals surface area contributed by atoms with E-state index in [1.807, 2.05) is 11.6 Å². The van der Waals surface area contributed by atoms with Crippen LogP contribution in [0.2, 0.25) is 5.02 Å². The topological polar surface area (TPSA) is 103 Å². The van der Waals surface area contributed by atoms with E-state index in [4.69, 9.17) is 17.3 Å². The number of imidazole rings is 1. The van der Waals surface area contributed by atoms with Crippen molar-refractivity contribution in [2.24, 2.45) is 13.0 Å². The second kappa shape index (κ2) is 5.53. The van der Waals surface area contributed by atoms with Crippen molar-refractivity contribution in [3.63, 3.8) is 0 Å². The summed E-state index contributed by atoms with van der Waals surface area (Å²) in [4.78, 5) is 7.95. The molecule has 0 aliphatic heterocycles. The lowest BCUT2D eigenvalue weighted by Gasteiger charge is -2.18. The molecule has 0 bridgehead atoms. The number of nitrogen functional groups attached to an aromatic ring is 1. The first-order chi connectivity index (χ1) is 10.4. The van der Waals surface area contributed by atoms with E-state index < -0.39 is 10.0 Å². The van der Waals surface area contributed by atoms with E-state index in [0.717, 1.165) is 12.8 Å². The molecule has 1 fully saturated rings. The number of pyridine rings is 1. The Morgan fingerprint density at radius 2 is 2.18 bits per heavy atom. The Kier molecular flexibility index (Phi) is 3.84. The van der Waals surface area contributed by atoms with Crippen molar-refractivity contribution in [1.82, 2.24) is 19.3 Å². The number of nitrogens with two attached hydrogens (primary N) is 1. The molecule has 1 aliphatic rings. The van der Waals surface area contributed by atoms with E-state index >= 15 is 0 Å². The lowest BCUT2D eigenvalue weighted by Crippen LogP contribution is -2.32. The van der Waals surface area contributed by atoms with Gasteiger partial charge in [0.2, 0.25) is 10.0 Å². The van der Waals surface area contributed by atoms with Crippen LogP contribution in [0.4, 0.5) is 5.82 Å². The first kappa shape index (κ1) is 15.3. The first-order valence-electron chi connectivity index (χ1n) is 6.79. The molecular weight excluding hydrogens is 326 g/mol. The minimum absolute atomic E-state index is 0.0775. The average Bonchev–Trinajstić information content (AvgIpc) is 3.21. The highest BCUT2D eigenvalue weighted by Crippen LogP contribution is 2.41. The van der Waals surface area contributed by atoms with Crippen LogP contribution in [-0.2, 0) is 17.1 Å². The fourth-order valence-corrected chi connectivity index (χ4v) is 3.94. The summed E-state index contributed by atoms with van der Waals surface area (Å²) in [5, 5.41) is 0.217. The van der Waals surface area contributed by atoms with E-state index in [0.29, 0.717) is 5.82 Å². The standard InChI is InChI=1S/C13H16ClN5O2S/c1-19-5-4-16-13(19)11(8-2-3-8)18-22(20,21)10-6-9(14)7-17-12(10)15/h4-8,11,18H,2-3H2,1H3,(H2,15,17). The van der Waals surface area contributed by atoms with Gasteiger partial charge < -0.3 is 10.3 Å². The highest BCUT2D eigenvalue weighted by molar-refractivity contribution is 7.89. The minimum atomic E-state index is -3.84. The van der Waals surface area contributed by atoms with Crippen LogP contribution in [0.25, 0.3) is 0 Å². The zero-order chi connectivity index (χ0) is 15.9. The van der Waals surface area contributed by atoms with Crippen molar-refractivity contribution < 1.29 is 8.42 Å². The van der Waals surface area contributed by atoms with E-state index in [1.54, 1.807) is 12.4 Å². The fourth-order valence-electron chi connectivity index (χ4n) is 2.34. The zero-order valence-electron chi connectivity index (χ0n) is 11.9. The van der Waals surface area contributed by atoms with Gasteiger partial charge in [-0.2, -0.15) is 0 Å². The van der Waals surface area contributed by atoms with E-state index in [1.165, 1.54) is 12.3 Å². The molecule has 0 aromatic carbocycles.